The van der Waals surface area contributed by atoms with Crippen LogP contribution in [0.25, 0.3) is 11.3 Å². The van der Waals surface area contributed by atoms with Crippen LogP contribution >= 0.6 is 34.4 Å². The Hall–Kier alpha value is -1.97. The van der Waals surface area contributed by atoms with Gasteiger partial charge in [-0.1, -0.05) is 54.3 Å². The molecule has 0 bridgehead atoms. The first-order valence-electron chi connectivity index (χ1n) is 7.66. The quantitative estimate of drug-likeness (QED) is 0.593. The molecule has 1 amide bonds. The minimum Gasteiger partial charge on any atom is -0.363 e. The molecule has 0 aliphatic carbocycles. The first-order valence-corrected chi connectivity index (χ1v) is 10.3. The average Bonchev–Trinajstić information content (AvgIpc) is 3.29. The van der Waals surface area contributed by atoms with Crippen molar-refractivity contribution in [1.82, 2.24) is 15.2 Å². The molecule has 0 aliphatic heterocycles. The molecule has 0 fully saturated rings. The lowest BCUT2D eigenvalue weighted by molar-refractivity contribution is -0.113. The van der Waals surface area contributed by atoms with E-state index in [-0.39, 0.29) is 11.7 Å². The summed E-state index contributed by atoms with van der Waals surface area (Å²) in [5.41, 5.74) is 3.22. The van der Waals surface area contributed by atoms with E-state index in [1.807, 2.05) is 5.38 Å². The maximum absolute atomic E-state index is 12.1. The molecule has 0 aliphatic rings. The van der Waals surface area contributed by atoms with Gasteiger partial charge in [-0.05, 0) is 12.0 Å². The Morgan fingerprint density at radius 1 is 1.20 bits per heavy atom. The fourth-order valence-corrected chi connectivity index (χ4v) is 4.27. The fourth-order valence-electron chi connectivity index (χ4n) is 2.03. The summed E-state index contributed by atoms with van der Waals surface area (Å²) in [5.74, 6) is 0.173. The molecule has 25 heavy (non-hydrogen) atoms. The predicted molar refractivity (Wildman–Crippen MR) is 106 cm³/mol. The molecule has 2 heterocycles. The molecule has 0 spiro atoms. The zero-order valence-electron chi connectivity index (χ0n) is 13.8. The third-order valence-electron chi connectivity index (χ3n) is 3.36. The number of hydrogen-bond donors (Lipinski definition) is 2. The van der Waals surface area contributed by atoms with Crippen LogP contribution in [0.2, 0.25) is 0 Å². The van der Waals surface area contributed by atoms with Gasteiger partial charge in [-0.25, -0.2) is 4.98 Å². The summed E-state index contributed by atoms with van der Waals surface area (Å²) in [7, 11) is 1.79. The van der Waals surface area contributed by atoms with E-state index in [2.05, 4.69) is 57.0 Å². The van der Waals surface area contributed by atoms with E-state index in [4.69, 9.17) is 0 Å². The summed E-state index contributed by atoms with van der Waals surface area (Å²) >= 11 is 4.21. The molecule has 2 aromatic heterocycles. The SMILES string of the molecule is CCc1ccc(-c2csc(NC(=O)CSc3nnc(NC)s3)n2)cc1. The van der Waals surface area contributed by atoms with E-state index in [1.165, 1.54) is 40.0 Å². The Morgan fingerprint density at radius 3 is 2.68 bits per heavy atom. The first kappa shape index (κ1) is 17.8. The molecule has 3 aromatic rings. The third kappa shape index (κ3) is 4.77. The molecule has 1 aromatic carbocycles. The predicted octanol–water partition coefficient (Wildman–Crippen LogP) is 4.00. The topological polar surface area (TPSA) is 79.8 Å². The van der Waals surface area contributed by atoms with Crippen molar-refractivity contribution in [3.63, 3.8) is 0 Å². The summed E-state index contributed by atoms with van der Waals surface area (Å²) in [6, 6.07) is 8.32. The number of carbonyl (C=O) groups excluding carboxylic acids is 1. The molecule has 2 N–H and O–H groups in total. The van der Waals surface area contributed by atoms with Crippen LogP contribution in [0.3, 0.4) is 0 Å². The van der Waals surface area contributed by atoms with Crippen molar-refractivity contribution in [2.24, 2.45) is 0 Å². The highest BCUT2D eigenvalue weighted by molar-refractivity contribution is 8.01. The molecule has 0 unspecified atom stereocenters. The van der Waals surface area contributed by atoms with Crippen LogP contribution in [0.1, 0.15) is 12.5 Å². The van der Waals surface area contributed by atoms with Gasteiger partial charge in [-0.3, -0.25) is 4.79 Å². The lowest BCUT2D eigenvalue weighted by Gasteiger charge is -2.00. The molecule has 3 rings (SSSR count). The van der Waals surface area contributed by atoms with Crippen LogP contribution < -0.4 is 10.6 Å². The standard InChI is InChI=1S/C16H17N5OS3/c1-3-10-4-6-11(7-5-10)12-8-23-15(18-12)19-13(22)9-24-16-21-20-14(17-2)25-16/h4-8H,3,9H2,1-2H3,(H,17,20)(H,18,19,22). The number of amides is 1. The minimum absolute atomic E-state index is 0.103. The first-order chi connectivity index (χ1) is 12.2. The lowest BCUT2D eigenvalue weighted by Crippen LogP contribution is -2.13. The minimum atomic E-state index is -0.103. The van der Waals surface area contributed by atoms with E-state index in [1.54, 1.807) is 7.05 Å². The smallest absolute Gasteiger partial charge is 0.236 e. The van der Waals surface area contributed by atoms with Gasteiger partial charge >= 0.3 is 0 Å². The van der Waals surface area contributed by atoms with Crippen molar-refractivity contribution in [1.29, 1.82) is 0 Å². The van der Waals surface area contributed by atoms with Crippen LogP contribution in [-0.4, -0.2) is 33.9 Å². The Kier molecular flexibility index (Phi) is 6.00. The van der Waals surface area contributed by atoms with Gasteiger partial charge in [0.05, 0.1) is 11.4 Å². The number of aryl methyl sites for hydroxylation is 1. The molecule has 0 radical (unpaired) electrons. The number of benzene rings is 1. The van der Waals surface area contributed by atoms with Crippen molar-refractivity contribution in [2.75, 3.05) is 23.4 Å². The van der Waals surface area contributed by atoms with Crippen LogP contribution in [0.5, 0.6) is 0 Å². The van der Waals surface area contributed by atoms with Crippen LogP contribution in [0, 0.1) is 0 Å². The summed E-state index contributed by atoms with van der Waals surface area (Å²) < 4.78 is 0.760. The molecular weight excluding hydrogens is 374 g/mol. The molecule has 0 saturated carbocycles. The van der Waals surface area contributed by atoms with E-state index in [9.17, 15) is 4.79 Å². The second-order valence-corrected chi connectivity index (χ2v) is 8.11. The maximum Gasteiger partial charge on any atom is 0.236 e. The Balaban J connectivity index is 1.55. The Morgan fingerprint density at radius 2 is 2.00 bits per heavy atom. The molecule has 130 valence electrons. The second-order valence-electron chi connectivity index (χ2n) is 5.05. The fraction of sp³-hybridized carbons (Fsp3) is 0.250. The highest BCUT2D eigenvalue weighted by Gasteiger charge is 2.10. The second kappa shape index (κ2) is 8.41. The number of thioether (sulfide) groups is 1. The number of rotatable bonds is 7. The van der Waals surface area contributed by atoms with Crippen LogP contribution in [0.15, 0.2) is 34.0 Å². The van der Waals surface area contributed by atoms with Gasteiger partial charge in [-0.15, -0.1) is 21.5 Å². The number of aromatic nitrogens is 3. The molecule has 6 nitrogen and oxygen atoms in total. The normalized spacial score (nSPS) is 10.6. The zero-order valence-corrected chi connectivity index (χ0v) is 16.2. The monoisotopic (exact) mass is 391 g/mol. The number of thiazole rings is 1. The molecule has 0 atom stereocenters. The number of hydrogen-bond acceptors (Lipinski definition) is 8. The Bertz CT molecular complexity index is 844. The van der Waals surface area contributed by atoms with Crippen LogP contribution in [-0.2, 0) is 11.2 Å². The van der Waals surface area contributed by atoms with Crippen LogP contribution in [0.4, 0.5) is 10.3 Å². The van der Waals surface area contributed by atoms with Crippen molar-refractivity contribution in [3.05, 3.63) is 35.2 Å². The van der Waals surface area contributed by atoms with Gasteiger partial charge in [0, 0.05) is 18.0 Å². The van der Waals surface area contributed by atoms with Gasteiger partial charge < -0.3 is 10.6 Å². The van der Waals surface area contributed by atoms with E-state index in [0.29, 0.717) is 5.13 Å². The van der Waals surface area contributed by atoms with E-state index < -0.39 is 0 Å². The zero-order chi connectivity index (χ0) is 17.6. The lowest BCUT2D eigenvalue weighted by atomic mass is 10.1. The third-order valence-corrected chi connectivity index (χ3v) is 6.19. The largest absolute Gasteiger partial charge is 0.363 e. The number of nitrogens with zero attached hydrogens (tertiary/aromatic N) is 3. The Labute approximate surface area is 158 Å². The molecule has 9 heteroatoms. The van der Waals surface area contributed by atoms with Crippen molar-refractivity contribution in [3.8, 4) is 11.3 Å². The van der Waals surface area contributed by atoms with E-state index >= 15 is 0 Å². The van der Waals surface area contributed by atoms with E-state index in [0.717, 1.165) is 27.1 Å². The summed E-state index contributed by atoms with van der Waals surface area (Å²) in [4.78, 5) is 16.6. The highest BCUT2D eigenvalue weighted by atomic mass is 32.2. The number of carbonyl (C=O) groups is 1. The van der Waals surface area contributed by atoms with Gasteiger partial charge in [0.25, 0.3) is 0 Å². The van der Waals surface area contributed by atoms with Gasteiger partial charge in [0.1, 0.15) is 0 Å². The van der Waals surface area contributed by atoms with Gasteiger partial charge in [-0.2, -0.15) is 0 Å². The maximum atomic E-state index is 12.1. The number of nitrogens with one attached hydrogen (secondary N) is 2. The molecule has 0 saturated heterocycles. The van der Waals surface area contributed by atoms with Gasteiger partial charge in [0.2, 0.25) is 11.0 Å². The van der Waals surface area contributed by atoms with Crippen molar-refractivity contribution < 1.29 is 4.79 Å². The van der Waals surface area contributed by atoms with Gasteiger partial charge in [0.15, 0.2) is 9.47 Å². The summed E-state index contributed by atoms with van der Waals surface area (Å²) in [6.07, 6.45) is 1.01. The summed E-state index contributed by atoms with van der Waals surface area (Å²) in [6.45, 7) is 2.13. The summed E-state index contributed by atoms with van der Waals surface area (Å²) in [5, 5.41) is 17.0. The molecular formula is C16H17N5OS3. The number of anilines is 2. The average molecular weight is 392 g/mol. The van der Waals surface area contributed by atoms with Crippen molar-refractivity contribution in [2.45, 2.75) is 17.7 Å². The highest BCUT2D eigenvalue weighted by Crippen LogP contribution is 2.27. The van der Waals surface area contributed by atoms with Crippen molar-refractivity contribution >= 4 is 50.6 Å².